The van der Waals surface area contributed by atoms with E-state index in [1.165, 1.54) is 0 Å². The molecule has 4 heterocycles. The molecule has 0 radical (unpaired) electrons. The largest absolute Gasteiger partial charge is 0.481 e. The number of hydrogen-bond acceptors (Lipinski definition) is 7. The first-order valence-electron chi connectivity index (χ1n) is 10.9. The molecule has 0 aliphatic heterocycles. The third-order valence-corrected chi connectivity index (χ3v) is 6.10. The average molecular weight is 430 g/mol. The number of methoxy groups -OCH3 is 1. The normalized spacial score (nSPS) is 18.6. The molecule has 0 aromatic carbocycles. The summed E-state index contributed by atoms with van der Waals surface area (Å²) in [4.78, 5) is 18.3. The van der Waals surface area contributed by atoms with E-state index in [0.717, 1.165) is 59.4 Å². The van der Waals surface area contributed by atoms with Crippen LogP contribution in [0.15, 0.2) is 49.1 Å². The fraction of sp³-hybridized carbons (Fsp3) is 0.333. The first-order chi connectivity index (χ1) is 15.6. The number of anilines is 1. The van der Waals surface area contributed by atoms with Crippen molar-refractivity contribution >= 4 is 11.6 Å². The van der Waals surface area contributed by atoms with E-state index in [0.29, 0.717) is 23.9 Å². The third kappa shape index (κ3) is 4.01. The topological polar surface area (TPSA) is 103 Å². The first kappa shape index (κ1) is 20.4. The molecule has 1 saturated carbocycles. The van der Waals surface area contributed by atoms with Gasteiger partial charge in [-0.2, -0.15) is 0 Å². The number of aryl methyl sites for hydroxylation is 1. The van der Waals surface area contributed by atoms with Gasteiger partial charge < -0.3 is 15.8 Å². The molecule has 1 fully saturated rings. The number of nitrogens with one attached hydrogen (secondary N) is 1. The quantitative estimate of drug-likeness (QED) is 0.497. The Labute approximate surface area is 186 Å². The van der Waals surface area contributed by atoms with Crippen LogP contribution in [0, 0.1) is 6.92 Å². The minimum atomic E-state index is 0.316. The zero-order valence-corrected chi connectivity index (χ0v) is 18.3. The monoisotopic (exact) mass is 429 g/mol. The molecule has 4 aromatic heterocycles. The van der Waals surface area contributed by atoms with Crippen LogP contribution in [0.1, 0.15) is 31.2 Å². The molecule has 8 heteroatoms. The number of hydrogen-bond donors (Lipinski definition) is 2. The molecule has 32 heavy (non-hydrogen) atoms. The molecular weight excluding hydrogens is 402 g/mol. The number of pyridine rings is 2. The van der Waals surface area contributed by atoms with Crippen molar-refractivity contribution in [3.8, 4) is 28.4 Å². The molecule has 0 unspecified atom stereocenters. The highest BCUT2D eigenvalue weighted by Gasteiger charge is 2.20. The van der Waals surface area contributed by atoms with Gasteiger partial charge in [-0.05, 0) is 56.4 Å². The van der Waals surface area contributed by atoms with Crippen molar-refractivity contribution in [1.82, 2.24) is 24.3 Å². The van der Waals surface area contributed by atoms with Crippen molar-refractivity contribution in [2.75, 3.05) is 12.4 Å². The molecule has 1 aliphatic rings. The van der Waals surface area contributed by atoms with Crippen LogP contribution in [0.25, 0.3) is 28.2 Å². The fourth-order valence-electron chi connectivity index (χ4n) is 4.22. The van der Waals surface area contributed by atoms with Gasteiger partial charge in [0.25, 0.3) is 0 Å². The van der Waals surface area contributed by atoms with Crippen molar-refractivity contribution < 1.29 is 4.74 Å². The highest BCUT2D eigenvalue weighted by Crippen LogP contribution is 2.27. The van der Waals surface area contributed by atoms with Crippen LogP contribution in [-0.4, -0.2) is 43.5 Å². The number of nitrogens with two attached hydrogens (primary N) is 1. The molecule has 0 amide bonds. The Morgan fingerprint density at radius 1 is 0.969 bits per heavy atom. The summed E-state index contributed by atoms with van der Waals surface area (Å²) in [6.07, 6.45) is 11.8. The number of fused-ring (bicyclic) bond motifs is 1. The average Bonchev–Trinajstić information content (AvgIpc) is 3.25. The highest BCUT2D eigenvalue weighted by molar-refractivity contribution is 5.69. The summed E-state index contributed by atoms with van der Waals surface area (Å²) in [5, 5.41) is 3.50. The molecule has 5 rings (SSSR count). The lowest BCUT2D eigenvalue weighted by molar-refractivity contribution is 0.398. The Morgan fingerprint density at radius 3 is 2.53 bits per heavy atom. The zero-order chi connectivity index (χ0) is 22.1. The third-order valence-electron chi connectivity index (χ3n) is 6.10. The van der Waals surface area contributed by atoms with E-state index in [2.05, 4.69) is 30.9 Å². The Balaban J connectivity index is 1.48. The van der Waals surface area contributed by atoms with Crippen LogP contribution < -0.4 is 15.8 Å². The predicted molar refractivity (Wildman–Crippen MR) is 125 cm³/mol. The molecule has 8 nitrogen and oxygen atoms in total. The van der Waals surface area contributed by atoms with Crippen LogP contribution >= 0.6 is 0 Å². The Morgan fingerprint density at radius 2 is 1.78 bits per heavy atom. The molecular formula is C24H27N7O. The second-order valence-electron chi connectivity index (χ2n) is 8.36. The number of aromatic nitrogens is 5. The van der Waals surface area contributed by atoms with Crippen LogP contribution in [-0.2, 0) is 0 Å². The summed E-state index contributed by atoms with van der Waals surface area (Å²) < 4.78 is 7.24. The van der Waals surface area contributed by atoms with Gasteiger partial charge in [0.2, 0.25) is 11.8 Å². The van der Waals surface area contributed by atoms with E-state index in [-0.39, 0.29) is 0 Å². The van der Waals surface area contributed by atoms with Gasteiger partial charge in [0.05, 0.1) is 24.7 Å². The molecule has 0 bridgehead atoms. The van der Waals surface area contributed by atoms with Crippen molar-refractivity contribution in [2.24, 2.45) is 5.73 Å². The van der Waals surface area contributed by atoms with Crippen LogP contribution in [0.2, 0.25) is 0 Å². The SMILES string of the molecule is COc1ccc(-c2ccc3ncc(-c4nc(N[C@H]5CC[C@H](N)CC5)ncc4C)n3c2)cn1. The van der Waals surface area contributed by atoms with Crippen molar-refractivity contribution in [3.63, 3.8) is 0 Å². The molecule has 0 spiro atoms. The standard InChI is InChI=1S/C24H27N7O/c1-15-11-28-24(29-19-7-5-18(25)6-8-19)30-23(15)20-13-26-21-9-3-17(14-31(20)21)16-4-10-22(32-2)27-12-16/h3-4,9-14,18-19H,5-8,25H2,1-2H3,(H,28,29,30)/t18-,19-. The van der Waals surface area contributed by atoms with E-state index in [4.69, 9.17) is 15.5 Å². The first-order valence-corrected chi connectivity index (χ1v) is 10.9. The summed E-state index contributed by atoms with van der Waals surface area (Å²) >= 11 is 0. The minimum absolute atomic E-state index is 0.316. The second-order valence-corrected chi connectivity index (χ2v) is 8.36. The lowest BCUT2D eigenvalue weighted by Gasteiger charge is -2.26. The summed E-state index contributed by atoms with van der Waals surface area (Å²) in [6, 6.07) is 8.58. The molecule has 0 atom stereocenters. The van der Waals surface area contributed by atoms with Gasteiger partial charge in [-0.1, -0.05) is 0 Å². The van der Waals surface area contributed by atoms with E-state index in [1.807, 2.05) is 49.8 Å². The number of ether oxygens (including phenoxy) is 1. The number of nitrogens with zero attached hydrogens (tertiary/aromatic N) is 5. The smallest absolute Gasteiger partial charge is 0.223 e. The van der Waals surface area contributed by atoms with Gasteiger partial charge >= 0.3 is 0 Å². The van der Waals surface area contributed by atoms with E-state index in [9.17, 15) is 0 Å². The van der Waals surface area contributed by atoms with Crippen molar-refractivity contribution in [1.29, 1.82) is 0 Å². The van der Waals surface area contributed by atoms with Crippen molar-refractivity contribution in [2.45, 2.75) is 44.7 Å². The van der Waals surface area contributed by atoms with Gasteiger partial charge in [0, 0.05) is 47.9 Å². The predicted octanol–water partition coefficient (Wildman–Crippen LogP) is 3.85. The highest BCUT2D eigenvalue weighted by atomic mass is 16.5. The van der Waals surface area contributed by atoms with E-state index >= 15 is 0 Å². The lowest BCUT2D eigenvalue weighted by Crippen LogP contribution is -2.33. The number of rotatable bonds is 5. The van der Waals surface area contributed by atoms with E-state index < -0.39 is 0 Å². The van der Waals surface area contributed by atoms with Crippen molar-refractivity contribution in [3.05, 3.63) is 54.6 Å². The minimum Gasteiger partial charge on any atom is -0.481 e. The van der Waals surface area contributed by atoms with Gasteiger partial charge in [0.1, 0.15) is 5.65 Å². The molecule has 3 N–H and O–H groups in total. The lowest BCUT2D eigenvalue weighted by atomic mass is 9.92. The summed E-state index contributed by atoms with van der Waals surface area (Å²) in [5.74, 6) is 1.24. The zero-order valence-electron chi connectivity index (χ0n) is 18.3. The second kappa shape index (κ2) is 8.55. The van der Waals surface area contributed by atoms with Crippen LogP contribution in [0.5, 0.6) is 5.88 Å². The molecule has 1 aliphatic carbocycles. The maximum atomic E-state index is 6.04. The van der Waals surface area contributed by atoms with Crippen LogP contribution in [0.4, 0.5) is 5.95 Å². The Hall–Kier alpha value is -3.52. The molecule has 164 valence electrons. The van der Waals surface area contributed by atoms with Gasteiger partial charge in [-0.3, -0.25) is 4.40 Å². The Kier molecular flexibility index (Phi) is 5.45. The fourth-order valence-corrected chi connectivity index (χ4v) is 4.22. The molecule has 4 aromatic rings. The summed E-state index contributed by atoms with van der Waals surface area (Å²) in [5.41, 5.74) is 11.7. The number of imidazole rings is 1. The van der Waals surface area contributed by atoms with Gasteiger partial charge in [0.15, 0.2) is 0 Å². The van der Waals surface area contributed by atoms with Gasteiger partial charge in [-0.15, -0.1) is 0 Å². The summed E-state index contributed by atoms with van der Waals surface area (Å²) in [6.45, 7) is 2.02. The maximum absolute atomic E-state index is 6.04. The maximum Gasteiger partial charge on any atom is 0.223 e. The Bertz CT molecular complexity index is 1230. The summed E-state index contributed by atoms with van der Waals surface area (Å²) in [7, 11) is 1.61. The van der Waals surface area contributed by atoms with Crippen LogP contribution in [0.3, 0.4) is 0 Å². The van der Waals surface area contributed by atoms with Gasteiger partial charge in [-0.25, -0.2) is 19.9 Å². The molecule has 0 saturated heterocycles. The van der Waals surface area contributed by atoms with E-state index in [1.54, 1.807) is 7.11 Å².